The molecule has 1 aliphatic rings. The minimum atomic E-state index is -0.566. The quantitative estimate of drug-likeness (QED) is 0.430. The van der Waals surface area contributed by atoms with Gasteiger partial charge in [0.15, 0.2) is 0 Å². The number of hydrazine groups is 1. The van der Waals surface area contributed by atoms with E-state index in [0.29, 0.717) is 0 Å². The minimum absolute atomic E-state index is 0.131. The number of hydrogen-bond donors (Lipinski definition) is 3. The van der Waals surface area contributed by atoms with Crippen LogP contribution < -0.4 is 5.59 Å². The summed E-state index contributed by atoms with van der Waals surface area (Å²) in [6.45, 7) is -0.599. The normalized spacial score (nSPS) is 25.8. The zero-order valence-electron chi connectivity index (χ0n) is 5.86. The van der Waals surface area contributed by atoms with Crippen molar-refractivity contribution < 1.29 is 19.8 Å². The molecule has 0 radical (unpaired) electrons. The molecule has 0 aromatic rings. The van der Waals surface area contributed by atoms with E-state index in [9.17, 15) is 4.79 Å². The molecule has 1 rings (SSSR count). The molecule has 1 aliphatic heterocycles. The van der Waals surface area contributed by atoms with Gasteiger partial charge in [-0.3, -0.25) is 9.63 Å². The molecule has 0 spiro atoms. The van der Waals surface area contributed by atoms with Crippen molar-refractivity contribution in [2.45, 2.75) is 0 Å². The molecule has 1 unspecified atom stereocenters. The maximum absolute atomic E-state index is 11.1. The summed E-state index contributed by atoms with van der Waals surface area (Å²) in [6.07, 6.45) is 0. The van der Waals surface area contributed by atoms with Crippen molar-refractivity contribution >= 4 is 5.91 Å². The van der Waals surface area contributed by atoms with Gasteiger partial charge in [-0.1, -0.05) is 0 Å². The first-order valence-corrected chi connectivity index (χ1v) is 3.20. The van der Waals surface area contributed by atoms with Crippen molar-refractivity contribution in [1.82, 2.24) is 10.6 Å². The van der Waals surface area contributed by atoms with E-state index in [2.05, 4.69) is 10.4 Å². The number of carbonyl (C=O) groups is 1. The molecule has 64 valence electrons. The molecule has 0 aromatic heterocycles. The van der Waals surface area contributed by atoms with Crippen LogP contribution in [0.5, 0.6) is 0 Å². The molecule has 0 aromatic carbocycles. The predicted octanol–water partition coefficient (Wildman–Crippen LogP) is -2.18. The van der Waals surface area contributed by atoms with Crippen molar-refractivity contribution in [1.29, 1.82) is 0 Å². The lowest BCUT2D eigenvalue weighted by Crippen LogP contribution is -2.53. The zero-order chi connectivity index (χ0) is 8.27. The van der Waals surface area contributed by atoms with Crippen LogP contribution in [0.2, 0.25) is 0 Å². The Hall–Kier alpha value is -0.690. The number of aliphatic hydroxyl groups excluding tert-OH is 2. The van der Waals surface area contributed by atoms with E-state index in [-0.39, 0.29) is 19.1 Å². The fourth-order valence-corrected chi connectivity index (χ4v) is 0.782. The molecule has 1 atom stereocenters. The van der Waals surface area contributed by atoms with Gasteiger partial charge in [-0.05, 0) is 0 Å². The zero-order valence-corrected chi connectivity index (χ0v) is 5.86. The van der Waals surface area contributed by atoms with Gasteiger partial charge >= 0.3 is 0 Å². The van der Waals surface area contributed by atoms with Crippen molar-refractivity contribution in [3.05, 3.63) is 0 Å². The summed E-state index contributed by atoms with van der Waals surface area (Å²) in [5.74, 6) is -0.926. The van der Waals surface area contributed by atoms with E-state index < -0.39 is 12.6 Å². The Morgan fingerprint density at radius 2 is 2.45 bits per heavy atom. The van der Waals surface area contributed by atoms with E-state index in [1.165, 1.54) is 0 Å². The fourth-order valence-electron chi connectivity index (χ4n) is 0.782. The highest BCUT2D eigenvalue weighted by molar-refractivity contribution is 5.78. The molecule has 6 nitrogen and oxygen atoms in total. The average Bonchev–Trinajstić information content (AvgIpc) is 2.05. The van der Waals surface area contributed by atoms with Crippen molar-refractivity contribution in [3.8, 4) is 0 Å². The van der Waals surface area contributed by atoms with Crippen LogP contribution in [0, 0.1) is 5.92 Å². The van der Waals surface area contributed by atoms with Gasteiger partial charge in [0, 0.05) is 0 Å². The standard InChI is InChI=1S/C5H10N2O4/c8-1-4-2-11-6-7(3-9)5(4)10/h4,6,8-9H,1-3H2. The highest BCUT2D eigenvalue weighted by Crippen LogP contribution is 2.05. The first kappa shape index (κ1) is 8.41. The summed E-state index contributed by atoms with van der Waals surface area (Å²) in [5, 5.41) is 18.1. The third-order valence-corrected chi connectivity index (χ3v) is 1.44. The Labute approximate surface area is 63.3 Å². The predicted molar refractivity (Wildman–Crippen MR) is 33.6 cm³/mol. The van der Waals surface area contributed by atoms with Crippen molar-refractivity contribution in [2.75, 3.05) is 19.9 Å². The second-order valence-corrected chi connectivity index (χ2v) is 2.19. The molecule has 1 saturated heterocycles. The molecule has 11 heavy (non-hydrogen) atoms. The molecular formula is C5H10N2O4. The SMILES string of the molecule is O=C1C(CO)CONN1CO. The summed E-state index contributed by atoms with van der Waals surface area (Å²) >= 11 is 0. The molecule has 0 aliphatic carbocycles. The van der Waals surface area contributed by atoms with E-state index >= 15 is 0 Å². The molecule has 1 heterocycles. The average molecular weight is 162 g/mol. The van der Waals surface area contributed by atoms with Crippen molar-refractivity contribution in [3.63, 3.8) is 0 Å². The third-order valence-electron chi connectivity index (χ3n) is 1.44. The Bertz CT molecular complexity index is 137. The largest absolute Gasteiger partial charge is 0.395 e. The molecule has 0 bridgehead atoms. The first-order valence-electron chi connectivity index (χ1n) is 3.20. The molecule has 1 amide bonds. The van der Waals surface area contributed by atoms with E-state index in [0.717, 1.165) is 5.01 Å². The van der Waals surface area contributed by atoms with E-state index in [4.69, 9.17) is 10.2 Å². The maximum atomic E-state index is 11.1. The summed E-state index contributed by atoms with van der Waals surface area (Å²) < 4.78 is 0. The Balaban J connectivity index is 2.52. The summed E-state index contributed by atoms with van der Waals surface area (Å²) in [5.41, 5.74) is 2.21. The van der Waals surface area contributed by atoms with Gasteiger partial charge in [-0.25, -0.2) is 5.01 Å². The van der Waals surface area contributed by atoms with E-state index in [1.54, 1.807) is 0 Å². The van der Waals surface area contributed by atoms with Crippen LogP contribution in [0.3, 0.4) is 0 Å². The number of rotatable bonds is 2. The maximum Gasteiger partial charge on any atom is 0.248 e. The summed E-state index contributed by atoms with van der Waals surface area (Å²) in [6, 6.07) is 0. The van der Waals surface area contributed by atoms with Gasteiger partial charge in [-0.15, -0.1) is 5.59 Å². The molecule has 6 heteroatoms. The van der Waals surface area contributed by atoms with Crippen LogP contribution in [0.4, 0.5) is 0 Å². The third kappa shape index (κ3) is 1.66. The number of hydrogen-bond acceptors (Lipinski definition) is 5. The topological polar surface area (TPSA) is 82.0 Å². The number of nitrogens with one attached hydrogen (secondary N) is 1. The molecule has 1 fully saturated rings. The van der Waals surface area contributed by atoms with Gasteiger partial charge in [0.05, 0.1) is 19.1 Å². The summed E-state index contributed by atoms with van der Waals surface area (Å²) in [4.78, 5) is 15.7. The fraction of sp³-hybridized carbons (Fsp3) is 0.800. The van der Waals surface area contributed by atoms with Crippen LogP contribution in [0.15, 0.2) is 0 Å². The van der Waals surface area contributed by atoms with Gasteiger partial charge in [0.2, 0.25) is 5.91 Å². The lowest BCUT2D eigenvalue weighted by molar-refractivity contribution is -0.192. The van der Waals surface area contributed by atoms with Crippen LogP contribution in [0.1, 0.15) is 0 Å². The highest BCUT2D eigenvalue weighted by atomic mass is 16.7. The highest BCUT2D eigenvalue weighted by Gasteiger charge is 2.28. The van der Waals surface area contributed by atoms with Gasteiger partial charge in [0.1, 0.15) is 6.73 Å². The van der Waals surface area contributed by atoms with E-state index in [1.807, 2.05) is 0 Å². The van der Waals surface area contributed by atoms with Gasteiger partial charge in [-0.2, -0.15) is 0 Å². The van der Waals surface area contributed by atoms with Crippen LogP contribution in [-0.2, 0) is 9.63 Å². The van der Waals surface area contributed by atoms with Crippen LogP contribution in [-0.4, -0.2) is 41.1 Å². The Morgan fingerprint density at radius 1 is 1.73 bits per heavy atom. The monoisotopic (exact) mass is 162 g/mol. The number of aliphatic hydroxyl groups is 2. The summed E-state index contributed by atoms with van der Waals surface area (Å²) in [7, 11) is 0. The van der Waals surface area contributed by atoms with Gasteiger partial charge < -0.3 is 10.2 Å². The minimum Gasteiger partial charge on any atom is -0.395 e. The van der Waals surface area contributed by atoms with Gasteiger partial charge in [0.25, 0.3) is 0 Å². The second-order valence-electron chi connectivity index (χ2n) is 2.19. The smallest absolute Gasteiger partial charge is 0.248 e. The first-order chi connectivity index (χ1) is 5.29. The molecule has 3 N–H and O–H groups in total. The number of carbonyl (C=O) groups excluding carboxylic acids is 1. The Morgan fingerprint density at radius 3 is 3.00 bits per heavy atom. The van der Waals surface area contributed by atoms with Crippen LogP contribution >= 0.6 is 0 Å². The number of amides is 1. The lowest BCUT2D eigenvalue weighted by Gasteiger charge is -2.29. The lowest BCUT2D eigenvalue weighted by atomic mass is 10.1. The van der Waals surface area contributed by atoms with Crippen LogP contribution in [0.25, 0.3) is 0 Å². The molecular weight excluding hydrogens is 152 g/mol. The number of nitrogens with zero attached hydrogens (tertiary/aromatic N) is 1. The Kier molecular flexibility index (Phi) is 2.77. The van der Waals surface area contributed by atoms with Crippen molar-refractivity contribution in [2.24, 2.45) is 5.92 Å². The second kappa shape index (κ2) is 3.63. The molecule has 0 saturated carbocycles.